The van der Waals surface area contributed by atoms with E-state index in [4.69, 9.17) is 16.3 Å². The van der Waals surface area contributed by atoms with Gasteiger partial charge in [0.25, 0.3) is 0 Å². The maximum atomic E-state index is 6.11. The fourth-order valence-corrected chi connectivity index (χ4v) is 2.36. The van der Waals surface area contributed by atoms with Crippen LogP contribution in [0.3, 0.4) is 0 Å². The summed E-state index contributed by atoms with van der Waals surface area (Å²) in [5.74, 6) is 1.13. The average Bonchev–Trinajstić information content (AvgIpc) is 2.41. The van der Waals surface area contributed by atoms with Crippen molar-refractivity contribution in [1.82, 2.24) is 5.32 Å². The van der Waals surface area contributed by atoms with Gasteiger partial charge in [-0.15, -0.1) is 0 Å². The molecule has 0 saturated heterocycles. The highest BCUT2D eigenvalue weighted by Crippen LogP contribution is 2.22. The minimum Gasteiger partial charge on any atom is -0.381 e. The average molecular weight is 298 g/mol. The monoisotopic (exact) mass is 297 g/mol. The summed E-state index contributed by atoms with van der Waals surface area (Å²) in [6, 6.07) is 8.19. The van der Waals surface area contributed by atoms with Gasteiger partial charge in [-0.2, -0.15) is 0 Å². The molecule has 0 amide bonds. The molecule has 0 aliphatic carbocycles. The molecule has 1 unspecified atom stereocenters. The summed E-state index contributed by atoms with van der Waals surface area (Å²) in [6.45, 7) is 10.3. The second kappa shape index (κ2) is 10.2. The fourth-order valence-electron chi connectivity index (χ4n) is 2.17. The van der Waals surface area contributed by atoms with Crippen LogP contribution in [-0.4, -0.2) is 26.3 Å². The molecule has 0 spiro atoms. The molecular formula is C17H28ClNO. The van der Waals surface area contributed by atoms with Gasteiger partial charge in [-0.25, -0.2) is 0 Å². The lowest BCUT2D eigenvalue weighted by atomic mass is 9.96. The summed E-state index contributed by atoms with van der Waals surface area (Å²) in [5.41, 5.74) is 1.30. The fraction of sp³-hybridized carbons (Fsp3) is 0.647. The van der Waals surface area contributed by atoms with Crippen molar-refractivity contribution in [1.29, 1.82) is 0 Å². The van der Waals surface area contributed by atoms with Gasteiger partial charge in [-0.05, 0) is 48.9 Å². The molecule has 1 N–H and O–H groups in total. The van der Waals surface area contributed by atoms with Gasteiger partial charge in [0.2, 0.25) is 0 Å². The second-order valence-electron chi connectivity index (χ2n) is 5.71. The Morgan fingerprint density at radius 3 is 2.65 bits per heavy atom. The molecule has 1 rings (SSSR count). The SMILES string of the molecule is CCCOCCC(CNCC(C)C)c1cccc(Cl)c1. The number of benzene rings is 1. The van der Waals surface area contributed by atoms with Crippen LogP contribution in [0, 0.1) is 5.92 Å². The second-order valence-corrected chi connectivity index (χ2v) is 6.14. The van der Waals surface area contributed by atoms with Crippen LogP contribution in [0.1, 0.15) is 45.1 Å². The number of hydrogen-bond donors (Lipinski definition) is 1. The third-order valence-corrected chi connectivity index (χ3v) is 3.46. The Hall–Kier alpha value is -0.570. The van der Waals surface area contributed by atoms with Gasteiger partial charge in [-0.1, -0.05) is 44.5 Å². The summed E-state index contributed by atoms with van der Waals surface area (Å²) in [6.07, 6.45) is 2.11. The summed E-state index contributed by atoms with van der Waals surface area (Å²) in [5, 5.41) is 4.36. The molecule has 1 atom stereocenters. The van der Waals surface area contributed by atoms with Crippen molar-refractivity contribution in [3.05, 3.63) is 34.9 Å². The zero-order valence-electron chi connectivity index (χ0n) is 13.0. The van der Waals surface area contributed by atoms with E-state index in [-0.39, 0.29) is 0 Å². The zero-order chi connectivity index (χ0) is 14.8. The number of nitrogens with one attached hydrogen (secondary N) is 1. The molecule has 3 heteroatoms. The predicted molar refractivity (Wildman–Crippen MR) is 87.6 cm³/mol. The molecule has 0 aromatic heterocycles. The molecule has 1 aromatic rings. The van der Waals surface area contributed by atoms with Crippen LogP contribution in [0.25, 0.3) is 0 Å². The highest BCUT2D eigenvalue weighted by molar-refractivity contribution is 6.30. The Morgan fingerprint density at radius 2 is 2.00 bits per heavy atom. The lowest BCUT2D eigenvalue weighted by Gasteiger charge is -2.19. The van der Waals surface area contributed by atoms with Crippen molar-refractivity contribution in [3.63, 3.8) is 0 Å². The lowest BCUT2D eigenvalue weighted by molar-refractivity contribution is 0.127. The largest absolute Gasteiger partial charge is 0.381 e. The van der Waals surface area contributed by atoms with Gasteiger partial charge in [0, 0.05) is 24.8 Å². The molecule has 0 aliphatic rings. The van der Waals surface area contributed by atoms with E-state index in [0.717, 1.165) is 44.2 Å². The van der Waals surface area contributed by atoms with Crippen molar-refractivity contribution in [2.45, 2.75) is 39.5 Å². The van der Waals surface area contributed by atoms with E-state index < -0.39 is 0 Å². The predicted octanol–water partition coefficient (Wildman–Crippen LogP) is 4.49. The molecule has 2 nitrogen and oxygen atoms in total. The highest BCUT2D eigenvalue weighted by Gasteiger charge is 2.12. The molecule has 0 radical (unpaired) electrons. The number of halogens is 1. The van der Waals surface area contributed by atoms with Gasteiger partial charge >= 0.3 is 0 Å². The minimum atomic E-state index is 0.462. The van der Waals surface area contributed by atoms with Crippen LogP contribution < -0.4 is 5.32 Å². The smallest absolute Gasteiger partial charge is 0.0472 e. The van der Waals surface area contributed by atoms with Crippen LogP contribution >= 0.6 is 11.6 Å². The molecule has 0 bridgehead atoms. The number of rotatable bonds is 10. The molecule has 20 heavy (non-hydrogen) atoms. The van der Waals surface area contributed by atoms with Crippen LogP contribution in [0.15, 0.2) is 24.3 Å². The highest BCUT2D eigenvalue weighted by atomic mass is 35.5. The normalized spacial score (nSPS) is 12.8. The van der Waals surface area contributed by atoms with Crippen molar-refractivity contribution < 1.29 is 4.74 Å². The molecule has 0 heterocycles. The molecule has 0 fully saturated rings. The maximum absolute atomic E-state index is 6.11. The molecule has 0 aliphatic heterocycles. The van der Waals surface area contributed by atoms with E-state index in [0.29, 0.717) is 11.8 Å². The summed E-state index contributed by atoms with van der Waals surface area (Å²) < 4.78 is 5.63. The van der Waals surface area contributed by atoms with Crippen LogP contribution in [-0.2, 0) is 4.74 Å². The van der Waals surface area contributed by atoms with Crippen LogP contribution in [0.5, 0.6) is 0 Å². The first-order valence-electron chi connectivity index (χ1n) is 7.67. The van der Waals surface area contributed by atoms with E-state index in [2.05, 4.69) is 38.2 Å². The number of hydrogen-bond acceptors (Lipinski definition) is 2. The summed E-state index contributed by atoms with van der Waals surface area (Å²) in [4.78, 5) is 0. The van der Waals surface area contributed by atoms with Crippen LogP contribution in [0.2, 0.25) is 5.02 Å². The number of ether oxygens (including phenoxy) is 1. The lowest BCUT2D eigenvalue weighted by Crippen LogP contribution is -2.26. The molecule has 0 saturated carbocycles. The van der Waals surface area contributed by atoms with Crippen LogP contribution in [0.4, 0.5) is 0 Å². The van der Waals surface area contributed by atoms with E-state index in [1.807, 2.05) is 12.1 Å². The van der Waals surface area contributed by atoms with E-state index >= 15 is 0 Å². The Labute approximate surface area is 128 Å². The van der Waals surface area contributed by atoms with Gasteiger partial charge in [0.05, 0.1) is 0 Å². The van der Waals surface area contributed by atoms with Crippen molar-refractivity contribution in [3.8, 4) is 0 Å². The van der Waals surface area contributed by atoms with Crippen molar-refractivity contribution in [2.24, 2.45) is 5.92 Å². The van der Waals surface area contributed by atoms with Crippen molar-refractivity contribution in [2.75, 3.05) is 26.3 Å². The van der Waals surface area contributed by atoms with Gasteiger partial charge in [-0.3, -0.25) is 0 Å². The quantitative estimate of drug-likeness (QED) is 0.643. The molecular weight excluding hydrogens is 270 g/mol. The summed E-state index contributed by atoms with van der Waals surface area (Å²) >= 11 is 6.11. The van der Waals surface area contributed by atoms with Gasteiger partial charge in [0.15, 0.2) is 0 Å². The Kier molecular flexibility index (Phi) is 8.92. The Morgan fingerprint density at radius 1 is 1.20 bits per heavy atom. The zero-order valence-corrected chi connectivity index (χ0v) is 13.7. The first-order chi connectivity index (χ1) is 9.63. The Balaban J connectivity index is 2.53. The van der Waals surface area contributed by atoms with E-state index in [1.54, 1.807) is 0 Å². The first kappa shape index (κ1) is 17.5. The molecule has 114 valence electrons. The molecule has 1 aromatic carbocycles. The third-order valence-electron chi connectivity index (χ3n) is 3.22. The van der Waals surface area contributed by atoms with E-state index in [9.17, 15) is 0 Å². The summed E-state index contributed by atoms with van der Waals surface area (Å²) in [7, 11) is 0. The maximum Gasteiger partial charge on any atom is 0.0472 e. The minimum absolute atomic E-state index is 0.462. The van der Waals surface area contributed by atoms with E-state index in [1.165, 1.54) is 5.56 Å². The standard InChI is InChI=1S/C17H28ClNO/c1-4-9-20-10-8-16(13-19-12-14(2)3)15-6-5-7-17(18)11-15/h5-7,11,14,16,19H,4,8-10,12-13H2,1-3H3. The topological polar surface area (TPSA) is 21.3 Å². The first-order valence-corrected chi connectivity index (χ1v) is 8.05. The Bertz CT molecular complexity index is 368. The van der Waals surface area contributed by atoms with Crippen molar-refractivity contribution >= 4 is 11.6 Å². The van der Waals surface area contributed by atoms with Gasteiger partial charge in [0.1, 0.15) is 0 Å². The third kappa shape index (κ3) is 7.28. The van der Waals surface area contributed by atoms with Gasteiger partial charge < -0.3 is 10.1 Å².